The van der Waals surface area contributed by atoms with Crippen LogP contribution in [-0.2, 0) is 6.54 Å². The smallest absolute Gasteiger partial charge is 0.147 e. The van der Waals surface area contributed by atoms with Crippen LogP contribution in [0.5, 0.6) is 5.75 Å². The van der Waals surface area contributed by atoms with E-state index in [1.54, 1.807) is 0 Å². The Morgan fingerprint density at radius 2 is 2.24 bits per heavy atom. The molecule has 1 saturated carbocycles. The van der Waals surface area contributed by atoms with Crippen LogP contribution >= 0.6 is 23.4 Å². The van der Waals surface area contributed by atoms with Crippen molar-refractivity contribution in [2.45, 2.75) is 43.4 Å². The van der Waals surface area contributed by atoms with Gasteiger partial charge in [0.05, 0.1) is 17.5 Å². The van der Waals surface area contributed by atoms with Crippen LogP contribution in [0.4, 0.5) is 0 Å². The lowest BCUT2D eigenvalue weighted by atomic mass is 10.3. The molecule has 0 bridgehead atoms. The molecule has 1 atom stereocenters. The molecule has 3 rings (SSSR count). The van der Waals surface area contributed by atoms with Crippen molar-refractivity contribution < 1.29 is 4.74 Å². The van der Waals surface area contributed by atoms with Gasteiger partial charge in [-0.2, -0.15) is 11.8 Å². The summed E-state index contributed by atoms with van der Waals surface area (Å²) < 4.78 is 8.38. The molecule has 0 N–H and O–H groups in total. The summed E-state index contributed by atoms with van der Waals surface area (Å²) >= 11 is 8.33. The fourth-order valence-electron chi connectivity index (χ4n) is 2.74. The summed E-state index contributed by atoms with van der Waals surface area (Å²) in [6, 6.07) is 6.13. The lowest BCUT2D eigenvalue weighted by molar-refractivity contribution is 0.343. The van der Waals surface area contributed by atoms with Crippen molar-refractivity contribution >= 4 is 34.4 Å². The van der Waals surface area contributed by atoms with Gasteiger partial charge in [0.2, 0.25) is 0 Å². The van der Waals surface area contributed by atoms with Gasteiger partial charge in [-0.3, -0.25) is 0 Å². The molecule has 0 aliphatic heterocycles. The minimum absolute atomic E-state index is 0.107. The standard InChI is InChI=1S/C16H21ClN2OS/c1-4-20-13-7-5-6-12-14(13)18-15(11(2)17)19(12)10-16(21-3)8-9-16/h5-7,11H,4,8-10H2,1-3H3. The first-order chi connectivity index (χ1) is 10.1. The van der Waals surface area contributed by atoms with Gasteiger partial charge in [-0.1, -0.05) is 6.07 Å². The molecule has 1 aromatic heterocycles. The fourth-order valence-corrected chi connectivity index (χ4v) is 3.67. The van der Waals surface area contributed by atoms with E-state index in [0.29, 0.717) is 11.4 Å². The predicted octanol–water partition coefficient (Wildman–Crippen LogP) is 4.63. The summed E-state index contributed by atoms with van der Waals surface area (Å²) in [4.78, 5) is 4.77. The topological polar surface area (TPSA) is 27.1 Å². The molecule has 0 radical (unpaired) electrons. The first-order valence-electron chi connectivity index (χ1n) is 7.41. The SMILES string of the molecule is CCOc1cccc2c1nc(C(C)Cl)n2CC1(SC)CC1. The molecule has 5 heteroatoms. The van der Waals surface area contributed by atoms with Crippen LogP contribution in [0.15, 0.2) is 18.2 Å². The van der Waals surface area contributed by atoms with Gasteiger partial charge in [0.25, 0.3) is 0 Å². The van der Waals surface area contributed by atoms with Gasteiger partial charge in [0.15, 0.2) is 0 Å². The quantitative estimate of drug-likeness (QED) is 0.725. The number of ether oxygens (including phenoxy) is 1. The molecular formula is C16H21ClN2OS. The van der Waals surface area contributed by atoms with Crippen LogP contribution in [0.2, 0.25) is 0 Å². The molecule has 2 aromatic rings. The number of fused-ring (bicyclic) bond motifs is 1. The lowest BCUT2D eigenvalue weighted by Gasteiger charge is -2.17. The summed E-state index contributed by atoms with van der Waals surface area (Å²) in [7, 11) is 0. The zero-order valence-corrected chi connectivity index (χ0v) is 14.3. The Balaban J connectivity index is 2.11. The van der Waals surface area contributed by atoms with Crippen LogP contribution in [0, 0.1) is 0 Å². The predicted molar refractivity (Wildman–Crippen MR) is 90.7 cm³/mol. The van der Waals surface area contributed by atoms with E-state index in [9.17, 15) is 0 Å². The molecule has 0 saturated heterocycles. The average molecular weight is 325 g/mol. The Morgan fingerprint density at radius 1 is 1.48 bits per heavy atom. The zero-order valence-electron chi connectivity index (χ0n) is 12.7. The van der Waals surface area contributed by atoms with Gasteiger partial charge >= 0.3 is 0 Å². The Labute approximate surface area is 135 Å². The van der Waals surface area contributed by atoms with Gasteiger partial charge in [-0.05, 0) is 45.1 Å². The number of thioether (sulfide) groups is 1. The van der Waals surface area contributed by atoms with Gasteiger partial charge < -0.3 is 9.30 Å². The maximum Gasteiger partial charge on any atom is 0.147 e. The Hall–Kier alpha value is -0.870. The normalized spacial score (nSPS) is 17.9. The number of hydrogen-bond donors (Lipinski definition) is 0. The first-order valence-corrected chi connectivity index (χ1v) is 9.07. The molecule has 1 aliphatic carbocycles. The maximum atomic E-state index is 6.37. The second kappa shape index (κ2) is 5.73. The highest BCUT2D eigenvalue weighted by atomic mass is 35.5. The molecule has 0 spiro atoms. The van der Waals surface area contributed by atoms with Crippen LogP contribution in [0.3, 0.4) is 0 Å². The van der Waals surface area contributed by atoms with Crippen molar-refractivity contribution in [2.75, 3.05) is 12.9 Å². The second-order valence-electron chi connectivity index (χ2n) is 5.62. The molecule has 1 aliphatic rings. The highest BCUT2D eigenvalue weighted by Crippen LogP contribution is 2.49. The Bertz CT molecular complexity index is 649. The zero-order chi connectivity index (χ0) is 15.0. The third-order valence-electron chi connectivity index (χ3n) is 4.11. The lowest BCUT2D eigenvalue weighted by Crippen LogP contribution is -2.16. The molecule has 0 amide bonds. The van der Waals surface area contributed by atoms with Crippen molar-refractivity contribution in [2.24, 2.45) is 0 Å². The number of alkyl halides is 1. The van der Waals surface area contributed by atoms with E-state index in [0.717, 1.165) is 29.2 Å². The van der Waals surface area contributed by atoms with Crippen molar-refractivity contribution in [3.05, 3.63) is 24.0 Å². The second-order valence-corrected chi connectivity index (χ2v) is 7.55. The number of nitrogens with zero attached hydrogens (tertiary/aromatic N) is 2. The fraction of sp³-hybridized carbons (Fsp3) is 0.562. The van der Waals surface area contributed by atoms with E-state index in [4.69, 9.17) is 21.3 Å². The van der Waals surface area contributed by atoms with Crippen molar-refractivity contribution in [3.63, 3.8) is 0 Å². The van der Waals surface area contributed by atoms with Crippen LogP contribution in [-0.4, -0.2) is 27.2 Å². The Morgan fingerprint density at radius 3 is 2.81 bits per heavy atom. The minimum atomic E-state index is -0.107. The van der Waals surface area contributed by atoms with Crippen molar-refractivity contribution in [1.82, 2.24) is 9.55 Å². The molecule has 3 nitrogen and oxygen atoms in total. The van der Waals surface area contributed by atoms with Gasteiger partial charge in [-0.25, -0.2) is 4.98 Å². The summed E-state index contributed by atoms with van der Waals surface area (Å²) in [5.74, 6) is 1.79. The number of rotatable bonds is 6. The van der Waals surface area contributed by atoms with Crippen molar-refractivity contribution in [3.8, 4) is 5.75 Å². The molecule has 1 unspecified atom stereocenters. The monoisotopic (exact) mass is 324 g/mol. The van der Waals surface area contributed by atoms with Crippen molar-refractivity contribution in [1.29, 1.82) is 0 Å². The highest BCUT2D eigenvalue weighted by molar-refractivity contribution is 8.00. The van der Waals surface area contributed by atoms with E-state index >= 15 is 0 Å². The minimum Gasteiger partial charge on any atom is -0.492 e. The largest absolute Gasteiger partial charge is 0.492 e. The molecular weight excluding hydrogens is 304 g/mol. The number of benzene rings is 1. The van der Waals surface area contributed by atoms with E-state index in [1.165, 1.54) is 12.8 Å². The van der Waals surface area contributed by atoms with Crippen LogP contribution in [0.1, 0.15) is 37.9 Å². The third-order valence-corrected chi connectivity index (χ3v) is 5.71. The maximum absolute atomic E-state index is 6.37. The number of imidazole rings is 1. The Kier molecular flexibility index (Phi) is 4.10. The molecule has 21 heavy (non-hydrogen) atoms. The highest BCUT2D eigenvalue weighted by Gasteiger charge is 2.43. The van der Waals surface area contributed by atoms with E-state index in [-0.39, 0.29) is 5.38 Å². The summed E-state index contributed by atoms with van der Waals surface area (Å²) in [6.07, 6.45) is 4.74. The van der Waals surface area contributed by atoms with Gasteiger partial charge in [-0.15, -0.1) is 11.6 Å². The van der Waals surface area contributed by atoms with E-state index in [1.807, 2.05) is 37.7 Å². The number of para-hydroxylation sites is 1. The number of halogens is 1. The summed E-state index contributed by atoms with van der Waals surface area (Å²) in [6.45, 7) is 5.60. The molecule has 1 fully saturated rings. The van der Waals surface area contributed by atoms with Crippen LogP contribution in [0.25, 0.3) is 11.0 Å². The average Bonchev–Trinajstić information content (AvgIpc) is 3.15. The number of hydrogen-bond acceptors (Lipinski definition) is 3. The summed E-state index contributed by atoms with van der Waals surface area (Å²) in [5.41, 5.74) is 2.06. The third kappa shape index (κ3) is 2.76. The molecule has 1 aromatic carbocycles. The van der Waals surface area contributed by atoms with Gasteiger partial charge in [0.1, 0.15) is 17.1 Å². The van der Waals surface area contributed by atoms with Gasteiger partial charge in [0, 0.05) is 11.3 Å². The molecule has 1 heterocycles. The van der Waals surface area contributed by atoms with E-state index < -0.39 is 0 Å². The first kappa shape index (κ1) is 15.0. The van der Waals surface area contributed by atoms with Crippen LogP contribution < -0.4 is 4.74 Å². The summed E-state index contributed by atoms with van der Waals surface area (Å²) in [5, 5.41) is -0.107. The van der Waals surface area contributed by atoms with E-state index in [2.05, 4.69) is 16.9 Å². The number of aromatic nitrogens is 2. The molecule has 114 valence electrons.